The minimum Gasteiger partial charge on any atom is -0.400 e. The zero-order chi connectivity index (χ0) is 16.7. The molecule has 2 aromatic rings. The van der Waals surface area contributed by atoms with Crippen LogP contribution in [0.4, 0.5) is 0 Å². The largest absolute Gasteiger partial charge is 0.491 e. The van der Waals surface area contributed by atoms with Gasteiger partial charge in [-0.1, -0.05) is 24.3 Å². The van der Waals surface area contributed by atoms with Crippen LogP contribution in [0.5, 0.6) is 0 Å². The van der Waals surface area contributed by atoms with Crippen LogP contribution in [0.2, 0.25) is 0 Å². The quantitative estimate of drug-likeness (QED) is 0.885. The van der Waals surface area contributed by atoms with Crippen molar-refractivity contribution in [2.24, 2.45) is 5.73 Å². The van der Waals surface area contributed by atoms with Crippen molar-refractivity contribution in [2.75, 3.05) is 6.54 Å². The maximum atomic E-state index is 6.12. The Hall–Kier alpha value is -1.69. The molecular formula is C18H23BN2O2. The molecule has 0 aliphatic carbocycles. The van der Waals surface area contributed by atoms with Crippen molar-refractivity contribution in [2.45, 2.75) is 38.9 Å². The molecule has 1 fully saturated rings. The standard InChI is InChI=1S/C18H23BN2O2/c1-17(2)18(3,4)23-19(22-17)14(12-20)11-13-9-10-21-16-8-6-5-7-15(13)16/h5-11H,12,20H2,1-4H3. The highest BCUT2D eigenvalue weighted by molar-refractivity contribution is 6.56. The van der Waals surface area contributed by atoms with Crippen LogP contribution in [0.25, 0.3) is 17.0 Å². The number of hydrogen-bond acceptors (Lipinski definition) is 4. The fourth-order valence-corrected chi connectivity index (χ4v) is 2.66. The summed E-state index contributed by atoms with van der Waals surface area (Å²) >= 11 is 0. The van der Waals surface area contributed by atoms with E-state index < -0.39 is 7.12 Å². The van der Waals surface area contributed by atoms with Gasteiger partial charge in [0.1, 0.15) is 0 Å². The summed E-state index contributed by atoms with van der Waals surface area (Å²) < 4.78 is 12.2. The first kappa shape index (κ1) is 16.2. The lowest BCUT2D eigenvalue weighted by molar-refractivity contribution is 0.00578. The van der Waals surface area contributed by atoms with E-state index in [4.69, 9.17) is 15.0 Å². The van der Waals surface area contributed by atoms with E-state index in [1.165, 1.54) is 0 Å². The van der Waals surface area contributed by atoms with E-state index in [-0.39, 0.29) is 11.2 Å². The maximum Gasteiger partial charge on any atom is 0.491 e. The Morgan fingerprint density at radius 1 is 1.13 bits per heavy atom. The molecule has 0 amide bonds. The number of nitrogens with two attached hydrogens (primary N) is 1. The number of pyridine rings is 1. The first-order valence-corrected chi connectivity index (χ1v) is 7.94. The average Bonchev–Trinajstić information content (AvgIpc) is 2.73. The zero-order valence-electron chi connectivity index (χ0n) is 14.2. The molecule has 1 aromatic heterocycles. The molecule has 23 heavy (non-hydrogen) atoms. The predicted octanol–water partition coefficient (Wildman–Crippen LogP) is 3.21. The Balaban J connectivity index is 1.99. The number of hydrogen-bond donors (Lipinski definition) is 1. The normalized spacial score (nSPS) is 20.2. The van der Waals surface area contributed by atoms with E-state index in [0.29, 0.717) is 6.54 Å². The average molecular weight is 310 g/mol. The Morgan fingerprint density at radius 2 is 1.78 bits per heavy atom. The highest BCUT2D eigenvalue weighted by Crippen LogP contribution is 2.38. The summed E-state index contributed by atoms with van der Waals surface area (Å²) in [4.78, 5) is 4.40. The summed E-state index contributed by atoms with van der Waals surface area (Å²) in [6.07, 6.45) is 3.87. The molecule has 4 nitrogen and oxygen atoms in total. The van der Waals surface area contributed by atoms with Gasteiger partial charge >= 0.3 is 7.12 Å². The molecule has 2 heterocycles. The van der Waals surface area contributed by atoms with Crippen LogP contribution < -0.4 is 5.73 Å². The summed E-state index contributed by atoms with van der Waals surface area (Å²) in [6.45, 7) is 8.56. The van der Waals surface area contributed by atoms with Gasteiger partial charge in [-0.25, -0.2) is 0 Å². The summed E-state index contributed by atoms with van der Waals surface area (Å²) in [7, 11) is -0.420. The fourth-order valence-electron chi connectivity index (χ4n) is 2.66. The smallest absolute Gasteiger partial charge is 0.400 e. The molecule has 0 spiro atoms. The third kappa shape index (κ3) is 2.92. The van der Waals surface area contributed by atoms with Crippen LogP contribution in [0.3, 0.4) is 0 Å². The van der Waals surface area contributed by atoms with E-state index in [1.54, 1.807) is 0 Å². The highest BCUT2D eigenvalue weighted by Gasteiger charge is 2.52. The van der Waals surface area contributed by atoms with Crippen LogP contribution in [-0.2, 0) is 9.31 Å². The SMILES string of the molecule is CC1(C)OB(C(=Cc2ccnc3ccccc23)CN)OC1(C)C. The van der Waals surface area contributed by atoms with Gasteiger partial charge in [-0.15, -0.1) is 0 Å². The Morgan fingerprint density at radius 3 is 2.43 bits per heavy atom. The number of aromatic nitrogens is 1. The third-order valence-electron chi connectivity index (χ3n) is 4.82. The molecule has 2 N–H and O–H groups in total. The van der Waals surface area contributed by atoms with Gasteiger partial charge in [-0.3, -0.25) is 4.98 Å². The molecule has 3 rings (SSSR count). The van der Waals surface area contributed by atoms with E-state index in [0.717, 1.165) is 21.9 Å². The van der Waals surface area contributed by atoms with Crippen LogP contribution >= 0.6 is 0 Å². The monoisotopic (exact) mass is 310 g/mol. The molecule has 1 aromatic carbocycles. The number of nitrogens with zero attached hydrogens (tertiary/aromatic N) is 1. The summed E-state index contributed by atoms with van der Waals surface area (Å²) in [5.41, 5.74) is 8.21. The molecular weight excluding hydrogens is 287 g/mol. The topological polar surface area (TPSA) is 57.4 Å². The lowest BCUT2D eigenvalue weighted by atomic mass is 9.77. The molecule has 0 bridgehead atoms. The fraction of sp³-hybridized carbons (Fsp3) is 0.389. The molecule has 0 radical (unpaired) electrons. The van der Waals surface area contributed by atoms with Gasteiger partial charge < -0.3 is 15.0 Å². The number of rotatable bonds is 3. The minimum atomic E-state index is -0.420. The predicted molar refractivity (Wildman–Crippen MR) is 94.9 cm³/mol. The van der Waals surface area contributed by atoms with Gasteiger partial charge in [-0.2, -0.15) is 0 Å². The van der Waals surface area contributed by atoms with Crippen molar-refractivity contribution < 1.29 is 9.31 Å². The summed E-state index contributed by atoms with van der Waals surface area (Å²) in [5.74, 6) is 0. The van der Waals surface area contributed by atoms with E-state index >= 15 is 0 Å². The Bertz CT molecular complexity index is 734. The van der Waals surface area contributed by atoms with Gasteiger partial charge in [0.15, 0.2) is 0 Å². The van der Waals surface area contributed by atoms with Crippen molar-refractivity contribution in [3.63, 3.8) is 0 Å². The Kier molecular flexibility index (Phi) is 4.04. The molecule has 0 atom stereocenters. The first-order chi connectivity index (χ1) is 10.8. The van der Waals surface area contributed by atoms with Gasteiger partial charge in [0.05, 0.1) is 16.7 Å². The van der Waals surface area contributed by atoms with Crippen molar-refractivity contribution in [3.8, 4) is 0 Å². The maximum absolute atomic E-state index is 6.12. The van der Waals surface area contributed by atoms with Crippen molar-refractivity contribution in [1.29, 1.82) is 0 Å². The zero-order valence-corrected chi connectivity index (χ0v) is 14.2. The molecule has 0 unspecified atom stereocenters. The lowest BCUT2D eigenvalue weighted by Crippen LogP contribution is -2.41. The van der Waals surface area contributed by atoms with Crippen molar-refractivity contribution >= 4 is 24.1 Å². The molecule has 1 aliphatic heterocycles. The number of para-hydroxylation sites is 1. The van der Waals surface area contributed by atoms with E-state index in [2.05, 4.69) is 17.1 Å². The van der Waals surface area contributed by atoms with Gasteiger partial charge in [0.2, 0.25) is 0 Å². The highest BCUT2D eigenvalue weighted by atomic mass is 16.7. The molecule has 0 saturated carbocycles. The van der Waals surface area contributed by atoms with Gasteiger partial charge in [0, 0.05) is 18.1 Å². The molecule has 5 heteroatoms. The lowest BCUT2D eigenvalue weighted by Gasteiger charge is -2.32. The number of fused-ring (bicyclic) bond motifs is 1. The van der Waals surface area contributed by atoms with Crippen molar-refractivity contribution in [3.05, 3.63) is 47.6 Å². The molecule has 1 aliphatic rings. The minimum absolute atomic E-state index is 0.369. The van der Waals surface area contributed by atoms with Crippen LogP contribution in [0, 0.1) is 0 Å². The van der Waals surface area contributed by atoms with Crippen LogP contribution in [0.1, 0.15) is 33.3 Å². The van der Waals surface area contributed by atoms with Gasteiger partial charge in [0.25, 0.3) is 0 Å². The van der Waals surface area contributed by atoms with E-state index in [9.17, 15) is 0 Å². The van der Waals surface area contributed by atoms with Gasteiger partial charge in [-0.05, 0) is 50.9 Å². The van der Waals surface area contributed by atoms with Crippen LogP contribution in [0.15, 0.2) is 42.0 Å². The van der Waals surface area contributed by atoms with Crippen molar-refractivity contribution in [1.82, 2.24) is 4.98 Å². The van der Waals surface area contributed by atoms with Crippen LogP contribution in [-0.4, -0.2) is 29.8 Å². The van der Waals surface area contributed by atoms with E-state index in [1.807, 2.05) is 58.2 Å². The number of benzene rings is 1. The second-order valence-electron chi connectivity index (χ2n) is 6.93. The second kappa shape index (κ2) is 5.75. The summed E-state index contributed by atoms with van der Waals surface area (Å²) in [6, 6.07) is 10.1. The molecule has 120 valence electrons. The third-order valence-corrected chi connectivity index (χ3v) is 4.82. The summed E-state index contributed by atoms with van der Waals surface area (Å²) in [5, 5.41) is 1.09. The molecule has 1 saturated heterocycles. The first-order valence-electron chi connectivity index (χ1n) is 7.94. The second-order valence-corrected chi connectivity index (χ2v) is 6.93. The Labute approximate surface area is 137 Å².